The molecule has 2 aliphatic rings. The smallest absolute Gasteiger partial charge is 0.172 e. The second kappa shape index (κ2) is 6.87. The number of ether oxygens (including phenoxy) is 1. The first-order valence-corrected chi connectivity index (χ1v) is 10.4. The Labute approximate surface area is 170 Å². The highest BCUT2D eigenvalue weighted by Crippen LogP contribution is 2.40. The summed E-state index contributed by atoms with van der Waals surface area (Å²) in [6, 6.07) is 6.11. The summed E-state index contributed by atoms with van der Waals surface area (Å²) in [7, 11) is 2.07. The van der Waals surface area contributed by atoms with Gasteiger partial charge in [0, 0.05) is 24.2 Å². The fraction of sp³-hybridized carbons (Fsp3) is 0.435. The molecule has 0 radical (unpaired) electrons. The van der Waals surface area contributed by atoms with Gasteiger partial charge in [-0.05, 0) is 25.0 Å². The molecule has 150 valence electrons. The van der Waals surface area contributed by atoms with Gasteiger partial charge in [0.15, 0.2) is 11.4 Å². The summed E-state index contributed by atoms with van der Waals surface area (Å²) in [5, 5.41) is 0. The number of aromatic nitrogens is 3. The number of hydrogen-bond donors (Lipinski definition) is 1. The van der Waals surface area contributed by atoms with Crippen LogP contribution in [0.25, 0.3) is 22.4 Å². The monoisotopic (exact) mass is 390 g/mol. The van der Waals surface area contributed by atoms with Gasteiger partial charge in [-0.2, -0.15) is 0 Å². The van der Waals surface area contributed by atoms with E-state index in [1.165, 1.54) is 6.42 Å². The Hall–Kier alpha value is -2.89. The number of Topliss-reactive ketones (excluding diaryl/α,β-unsaturated/α-hetero) is 1. The van der Waals surface area contributed by atoms with Crippen LogP contribution < -0.4 is 9.64 Å². The molecule has 0 unspecified atom stereocenters. The molecule has 0 bridgehead atoms. The van der Waals surface area contributed by atoms with Gasteiger partial charge >= 0.3 is 0 Å². The van der Waals surface area contributed by atoms with Crippen molar-refractivity contribution in [2.45, 2.75) is 39.0 Å². The lowest BCUT2D eigenvalue weighted by Crippen LogP contribution is -2.30. The summed E-state index contributed by atoms with van der Waals surface area (Å²) >= 11 is 0. The normalized spacial score (nSPS) is 18.3. The molecule has 3 heterocycles. The molecule has 1 saturated carbocycles. The number of H-pyrrole nitrogens is 1. The average molecular weight is 390 g/mol. The third kappa shape index (κ3) is 3.07. The van der Waals surface area contributed by atoms with Crippen LogP contribution >= 0.6 is 0 Å². The van der Waals surface area contributed by atoms with Gasteiger partial charge in [0.05, 0.1) is 29.7 Å². The van der Waals surface area contributed by atoms with E-state index < -0.39 is 0 Å². The van der Waals surface area contributed by atoms with Crippen LogP contribution in [-0.2, 0) is 0 Å². The van der Waals surface area contributed by atoms with Crippen molar-refractivity contribution in [3.8, 4) is 17.0 Å². The summed E-state index contributed by atoms with van der Waals surface area (Å²) in [5.41, 5.74) is 4.46. The lowest BCUT2D eigenvalue weighted by atomic mass is 9.71. The number of nitrogens with zero attached hydrogens (tertiary/aromatic N) is 3. The third-order valence-corrected chi connectivity index (χ3v) is 6.48. The minimum absolute atomic E-state index is 0.185. The number of rotatable bonds is 3. The van der Waals surface area contributed by atoms with Gasteiger partial charge in [0.25, 0.3) is 0 Å². The highest BCUT2D eigenvalue weighted by atomic mass is 16.5. The number of likely N-dealkylation sites (N-methyl/N-ethyl adjacent to an activating group) is 1. The molecular formula is C23H26N4O2. The van der Waals surface area contributed by atoms with Gasteiger partial charge < -0.3 is 14.6 Å². The molecule has 1 fully saturated rings. The summed E-state index contributed by atoms with van der Waals surface area (Å²) in [4.78, 5) is 28.0. The Kier molecular flexibility index (Phi) is 4.30. The van der Waals surface area contributed by atoms with Crippen molar-refractivity contribution in [3.05, 3.63) is 36.2 Å². The van der Waals surface area contributed by atoms with Crippen molar-refractivity contribution >= 4 is 22.6 Å². The van der Waals surface area contributed by atoms with E-state index in [9.17, 15) is 4.79 Å². The molecule has 1 aliphatic carbocycles. The summed E-state index contributed by atoms with van der Waals surface area (Å²) in [6.45, 7) is 3.65. The number of aromatic amines is 1. The molecule has 0 spiro atoms. The average Bonchev–Trinajstić information content (AvgIpc) is 3.17. The summed E-state index contributed by atoms with van der Waals surface area (Å²) < 4.78 is 5.83. The van der Waals surface area contributed by atoms with Crippen LogP contribution in [0.3, 0.4) is 0 Å². The zero-order valence-corrected chi connectivity index (χ0v) is 17.0. The molecule has 6 nitrogen and oxygen atoms in total. The Morgan fingerprint density at radius 2 is 2.07 bits per heavy atom. The Morgan fingerprint density at radius 3 is 2.90 bits per heavy atom. The highest BCUT2D eigenvalue weighted by Gasteiger charge is 2.36. The minimum atomic E-state index is -0.296. The first-order chi connectivity index (χ1) is 14.0. The van der Waals surface area contributed by atoms with Crippen LogP contribution in [0.2, 0.25) is 0 Å². The van der Waals surface area contributed by atoms with Crippen molar-refractivity contribution in [3.63, 3.8) is 0 Å². The Balaban J connectivity index is 1.54. The largest absolute Gasteiger partial charge is 0.490 e. The molecule has 5 rings (SSSR count). The van der Waals surface area contributed by atoms with Gasteiger partial charge in [-0.15, -0.1) is 0 Å². The molecule has 2 aromatic heterocycles. The molecule has 6 heteroatoms. The van der Waals surface area contributed by atoms with Gasteiger partial charge in [-0.3, -0.25) is 4.79 Å². The van der Waals surface area contributed by atoms with E-state index in [2.05, 4.69) is 34.9 Å². The van der Waals surface area contributed by atoms with Crippen LogP contribution in [-0.4, -0.2) is 40.9 Å². The molecular weight excluding hydrogens is 364 g/mol. The molecule has 0 atom stereocenters. The Morgan fingerprint density at radius 1 is 1.24 bits per heavy atom. The number of fused-ring (bicyclic) bond motifs is 2. The predicted octanol–water partition coefficient (Wildman–Crippen LogP) is 4.61. The van der Waals surface area contributed by atoms with Crippen LogP contribution in [0, 0.1) is 5.41 Å². The molecule has 29 heavy (non-hydrogen) atoms. The standard InChI is InChI=1S/C23H26N4O2/c1-23(8-4-3-5-9-23)21(28)16-13-24-22-20(16)26-17(14-25-22)15-6-7-18-19(12-15)29-11-10-27(18)2/h6-7,12-14H,3-5,8-11H2,1-2H3,(H,24,25). The number of benzene rings is 1. The maximum Gasteiger partial charge on any atom is 0.172 e. The number of hydrogen-bond acceptors (Lipinski definition) is 5. The van der Waals surface area contributed by atoms with Crippen molar-refractivity contribution in [1.82, 2.24) is 15.0 Å². The maximum absolute atomic E-state index is 13.4. The van der Waals surface area contributed by atoms with Gasteiger partial charge in [0.2, 0.25) is 0 Å². The van der Waals surface area contributed by atoms with Crippen LogP contribution in [0.1, 0.15) is 49.4 Å². The SMILES string of the molecule is CN1CCOc2cc(-c3cnc4[nH]cc(C(=O)C5(C)CCCCC5)c4n3)ccc21. The molecule has 0 amide bonds. The Bertz CT molecular complexity index is 1080. The predicted molar refractivity (Wildman–Crippen MR) is 114 cm³/mol. The third-order valence-electron chi connectivity index (χ3n) is 6.48. The van der Waals surface area contributed by atoms with Crippen LogP contribution in [0.4, 0.5) is 5.69 Å². The zero-order valence-electron chi connectivity index (χ0n) is 17.0. The fourth-order valence-corrected chi connectivity index (χ4v) is 4.61. The minimum Gasteiger partial charge on any atom is -0.490 e. The van der Waals surface area contributed by atoms with E-state index >= 15 is 0 Å². The van der Waals surface area contributed by atoms with Gasteiger partial charge in [-0.1, -0.05) is 32.3 Å². The summed E-state index contributed by atoms with van der Waals surface area (Å²) in [6.07, 6.45) is 8.88. The van der Waals surface area contributed by atoms with E-state index in [1.54, 1.807) is 12.4 Å². The number of ketones is 1. The highest BCUT2D eigenvalue weighted by molar-refractivity contribution is 6.08. The maximum atomic E-state index is 13.4. The zero-order chi connectivity index (χ0) is 20.0. The van der Waals surface area contributed by atoms with Crippen molar-refractivity contribution in [2.24, 2.45) is 5.41 Å². The molecule has 1 N–H and O–H groups in total. The molecule has 1 aromatic carbocycles. The number of carbonyl (C=O) groups excluding carboxylic acids is 1. The van der Waals surface area contributed by atoms with Crippen molar-refractivity contribution < 1.29 is 9.53 Å². The topological polar surface area (TPSA) is 71.1 Å². The summed E-state index contributed by atoms with van der Waals surface area (Å²) in [5.74, 6) is 1.04. The molecule has 1 aliphatic heterocycles. The number of nitrogens with one attached hydrogen (secondary N) is 1. The molecule has 3 aromatic rings. The number of carbonyl (C=O) groups is 1. The second-order valence-corrected chi connectivity index (χ2v) is 8.56. The van der Waals surface area contributed by atoms with Gasteiger partial charge in [0.1, 0.15) is 17.9 Å². The first kappa shape index (κ1) is 18.2. The lowest BCUT2D eigenvalue weighted by Gasteiger charge is -2.31. The molecule has 0 saturated heterocycles. The van der Waals surface area contributed by atoms with Crippen LogP contribution in [0.15, 0.2) is 30.6 Å². The van der Waals surface area contributed by atoms with Crippen molar-refractivity contribution in [1.29, 1.82) is 0 Å². The first-order valence-electron chi connectivity index (χ1n) is 10.4. The van der Waals surface area contributed by atoms with E-state index in [4.69, 9.17) is 9.72 Å². The van der Waals surface area contributed by atoms with E-state index in [1.807, 2.05) is 12.1 Å². The van der Waals surface area contributed by atoms with Gasteiger partial charge in [-0.25, -0.2) is 9.97 Å². The van der Waals surface area contributed by atoms with E-state index in [-0.39, 0.29) is 11.2 Å². The van der Waals surface area contributed by atoms with Crippen molar-refractivity contribution in [2.75, 3.05) is 25.1 Å². The number of anilines is 1. The fourth-order valence-electron chi connectivity index (χ4n) is 4.61. The second-order valence-electron chi connectivity index (χ2n) is 8.56. The van der Waals surface area contributed by atoms with E-state index in [0.717, 1.165) is 54.9 Å². The quantitative estimate of drug-likeness (QED) is 0.662. The lowest BCUT2D eigenvalue weighted by molar-refractivity contribution is 0.0751. The van der Waals surface area contributed by atoms with E-state index in [0.29, 0.717) is 23.3 Å². The van der Waals surface area contributed by atoms with Crippen LogP contribution in [0.5, 0.6) is 5.75 Å².